The smallest absolute Gasteiger partial charge is 0.312 e. The maximum Gasteiger partial charge on any atom is 0.312 e. The van der Waals surface area contributed by atoms with Gasteiger partial charge >= 0.3 is 5.69 Å². The normalized spacial score (nSPS) is 11.8. The molecule has 0 spiro atoms. The molecular weight excluding hydrogens is 326 g/mol. The van der Waals surface area contributed by atoms with Gasteiger partial charge in [0.2, 0.25) is 0 Å². The van der Waals surface area contributed by atoms with Gasteiger partial charge in [-0.2, -0.15) is 0 Å². The van der Waals surface area contributed by atoms with E-state index in [1.807, 2.05) is 0 Å². The van der Waals surface area contributed by atoms with E-state index in [0.29, 0.717) is 26.2 Å². The van der Waals surface area contributed by atoms with Gasteiger partial charge in [-0.15, -0.1) is 0 Å². The molecule has 2 N–H and O–H groups in total. The molecule has 1 aromatic carbocycles. The molecule has 0 bridgehead atoms. The van der Waals surface area contributed by atoms with Crippen molar-refractivity contribution in [3.8, 4) is 5.75 Å². The minimum absolute atomic E-state index is 0.000250. The Morgan fingerprint density at radius 2 is 2.13 bits per heavy atom. The highest BCUT2D eigenvalue weighted by Crippen LogP contribution is 2.30. The van der Waals surface area contributed by atoms with Crippen molar-refractivity contribution in [2.24, 2.45) is 0 Å². The summed E-state index contributed by atoms with van der Waals surface area (Å²) in [5.74, 6) is -0.358. The zero-order valence-corrected chi connectivity index (χ0v) is 13.8. The molecule has 0 aliphatic heterocycles. The predicted molar refractivity (Wildman–Crippen MR) is 86.0 cm³/mol. The van der Waals surface area contributed by atoms with Crippen molar-refractivity contribution in [1.82, 2.24) is 10.6 Å². The van der Waals surface area contributed by atoms with Crippen molar-refractivity contribution < 1.29 is 19.2 Å². The molecule has 0 saturated carbocycles. The summed E-state index contributed by atoms with van der Waals surface area (Å²) in [4.78, 5) is 22.3. The van der Waals surface area contributed by atoms with Crippen molar-refractivity contribution in [2.45, 2.75) is 13.0 Å². The van der Waals surface area contributed by atoms with E-state index in [1.54, 1.807) is 7.11 Å². The van der Waals surface area contributed by atoms with Gasteiger partial charge in [-0.1, -0.05) is 11.6 Å². The summed E-state index contributed by atoms with van der Waals surface area (Å²) >= 11 is 5.73. The summed E-state index contributed by atoms with van der Waals surface area (Å²) in [6, 6.07) is 4.02. The van der Waals surface area contributed by atoms with Crippen molar-refractivity contribution in [1.29, 1.82) is 0 Å². The molecule has 0 fully saturated rings. The minimum Gasteiger partial charge on any atom is -0.474 e. The molecule has 1 amide bonds. The van der Waals surface area contributed by atoms with Crippen LogP contribution in [0.4, 0.5) is 5.69 Å². The van der Waals surface area contributed by atoms with Crippen LogP contribution < -0.4 is 15.4 Å². The lowest BCUT2D eigenvalue weighted by Gasteiger charge is -2.15. The number of nitro groups is 1. The highest BCUT2D eigenvalue weighted by molar-refractivity contribution is 6.30. The fraction of sp³-hybridized carbons (Fsp3) is 0.500. The van der Waals surface area contributed by atoms with E-state index in [2.05, 4.69) is 10.6 Å². The Kier molecular flexibility index (Phi) is 8.31. The quantitative estimate of drug-likeness (QED) is 0.377. The van der Waals surface area contributed by atoms with Gasteiger partial charge in [0.05, 0.1) is 11.5 Å². The number of hydrogen-bond donors (Lipinski definition) is 2. The fourth-order valence-electron chi connectivity index (χ4n) is 1.69. The number of ether oxygens (including phenoxy) is 2. The van der Waals surface area contributed by atoms with Gasteiger partial charge in [0, 0.05) is 37.8 Å². The first-order valence-electron chi connectivity index (χ1n) is 7.03. The zero-order chi connectivity index (χ0) is 17.2. The van der Waals surface area contributed by atoms with Crippen LogP contribution in [0.5, 0.6) is 5.75 Å². The SMILES string of the molecule is COCCNCCNC(=O)C(C)Oc1ccc(Cl)cc1[N+](=O)[O-]. The zero-order valence-electron chi connectivity index (χ0n) is 13.0. The monoisotopic (exact) mass is 345 g/mol. The van der Waals surface area contributed by atoms with Gasteiger partial charge < -0.3 is 20.1 Å². The summed E-state index contributed by atoms with van der Waals surface area (Å²) < 4.78 is 10.2. The first-order chi connectivity index (χ1) is 11.0. The van der Waals surface area contributed by atoms with E-state index < -0.39 is 11.0 Å². The molecule has 128 valence electrons. The van der Waals surface area contributed by atoms with Gasteiger partial charge in [0.15, 0.2) is 11.9 Å². The topological polar surface area (TPSA) is 103 Å². The average molecular weight is 346 g/mol. The lowest BCUT2D eigenvalue weighted by atomic mass is 10.3. The number of rotatable bonds is 10. The molecule has 0 aromatic heterocycles. The standard InChI is InChI=1S/C14H20ClN3O5/c1-10(14(19)17-6-5-16-7-8-22-2)23-13-4-3-11(15)9-12(13)18(20)21/h3-4,9-10,16H,5-8H2,1-2H3,(H,17,19). The molecule has 8 nitrogen and oxygen atoms in total. The molecule has 9 heteroatoms. The van der Waals surface area contributed by atoms with Crippen LogP contribution in [-0.2, 0) is 9.53 Å². The number of amides is 1. The Balaban J connectivity index is 2.48. The van der Waals surface area contributed by atoms with E-state index >= 15 is 0 Å². The molecule has 0 saturated heterocycles. The number of carbonyl (C=O) groups excluding carboxylic acids is 1. The third-order valence-corrected chi connectivity index (χ3v) is 3.11. The maximum atomic E-state index is 11.9. The molecule has 1 aromatic rings. The van der Waals surface area contributed by atoms with Crippen molar-refractivity contribution >= 4 is 23.2 Å². The minimum atomic E-state index is -0.867. The van der Waals surface area contributed by atoms with Gasteiger partial charge in [0.25, 0.3) is 5.91 Å². The lowest BCUT2D eigenvalue weighted by Crippen LogP contribution is -2.40. The van der Waals surface area contributed by atoms with Crippen LogP contribution in [0.3, 0.4) is 0 Å². The van der Waals surface area contributed by atoms with Gasteiger partial charge in [-0.25, -0.2) is 0 Å². The summed E-state index contributed by atoms with van der Waals surface area (Å²) in [6.45, 7) is 3.80. The molecule has 0 aliphatic carbocycles. The highest BCUT2D eigenvalue weighted by atomic mass is 35.5. The number of nitro benzene ring substituents is 1. The number of nitrogens with one attached hydrogen (secondary N) is 2. The molecule has 1 atom stereocenters. The van der Waals surface area contributed by atoms with E-state index in [0.717, 1.165) is 0 Å². The van der Waals surface area contributed by atoms with Gasteiger partial charge in [-0.3, -0.25) is 14.9 Å². The Morgan fingerprint density at radius 3 is 2.78 bits per heavy atom. The van der Waals surface area contributed by atoms with Crippen LogP contribution in [0.1, 0.15) is 6.92 Å². The second-order valence-electron chi connectivity index (χ2n) is 4.66. The van der Waals surface area contributed by atoms with E-state index in [-0.39, 0.29) is 22.4 Å². The van der Waals surface area contributed by atoms with Gasteiger partial charge in [-0.05, 0) is 19.1 Å². The Labute approximate surface area is 139 Å². The lowest BCUT2D eigenvalue weighted by molar-refractivity contribution is -0.386. The molecule has 0 radical (unpaired) electrons. The van der Waals surface area contributed by atoms with Crippen LogP contribution in [0.2, 0.25) is 5.02 Å². The summed E-state index contributed by atoms with van der Waals surface area (Å²) in [7, 11) is 1.61. The van der Waals surface area contributed by atoms with Crippen LogP contribution >= 0.6 is 11.6 Å². The second kappa shape index (κ2) is 9.98. The Morgan fingerprint density at radius 1 is 1.39 bits per heavy atom. The Hall–Kier alpha value is -1.90. The molecule has 1 rings (SSSR count). The molecule has 23 heavy (non-hydrogen) atoms. The highest BCUT2D eigenvalue weighted by Gasteiger charge is 2.21. The summed E-state index contributed by atoms with van der Waals surface area (Å²) in [5, 5.41) is 16.9. The number of benzene rings is 1. The van der Waals surface area contributed by atoms with Crippen LogP contribution in [0.25, 0.3) is 0 Å². The van der Waals surface area contributed by atoms with Crippen LogP contribution in [-0.4, -0.2) is 50.3 Å². The fourth-order valence-corrected chi connectivity index (χ4v) is 1.86. The third kappa shape index (κ3) is 6.81. The first kappa shape index (κ1) is 19.1. The summed E-state index contributed by atoms with van der Waals surface area (Å²) in [5.41, 5.74) is -0.279. The Bertz CT molecular complexity index is 541. The van der Waals surface area contributed by atoms with Gasteiger partial charge in [0.1, 0.15) is 0 Å². The second-order valence-corrected chi connectivity index (χ2v) is 5.10. The van der Waals surface area contributed by atoms with Crippen molar-refractivity contribution in [3.05, 3.63) is 33.3 Å². The third-order valence-electron chi connectivity index (χ3n) is 2.87. The average Bonchev–Trinajstić information content (AvgIpc) is 2.51. The van der Waals surface area contributed by atoms with Crippen molar-refractivity contribution in [3.63, 3.8) is 0 Å². The largest absolute Gasteiger partial charge is 0.474 e. The predicted octanol–water partition coefficient (Wildman–Crippen LogP) is 1.37. The maximum absolute atomic E-state index is 11.9. The first-order valence-corrected chi connectivity index (χ1v) is 7.41. The molecule has 0 aliphatic rings. The van der Waals surface area contributed by atoms with E-state index in [4.69, 9.17) is 21.1 Å². The van der Waals surface area contributed by atoms with Crippen LogP contribution in [0, 0.1) is 10.1 Å². The van der Waals surface area contributed by atoms with Crippen LogP contribution in [0.15, 0.2) is 18.2 Å². The molecule has 0 heterocycles. The number of methoxy groups -OCH3 is 1. The van der Waals surface area contributed by atoms with E-state index in [1.165, 1.54) is 25.1 Å². The molecule has 1 unspecified atom stereocenters. The number of halogens is 1. The number of nitrogens with zero attached hydrogens (tertiary/aromatic N) is 1. The van der Waals surface area contributed by atoms with E-state index in [9.17, 15) is 14.9 Å². The summed E-state index contributed by atoms with van der Waals surface area (Å²) in [6.07, 6.45) is -0.867. The van der Waals surface area contributed by atoms with Crippen molar-refractivity contribution in [2.75, 3.05) is 33.4 Å². The molecular formula is C14H20ClN3O5. The number of carbonyl (C=O) groups is 1. The number of hydrogen-bond acceptors (Lipinski definition) is 6.